The molecule has 0 N–H and O–H groups in total. The largest absolute Gasteiger partial charge is 0.497 e. The number of aromatic nitrogens is 3. The molecule has 0 unspecified atom stereocenters. The van der Waals surface area contributed by atoms with Crippen molar-refractivity contribution in [1.82, 2.24) is 15.2 Å². The number of hydrogen-bond acceptors (Lipinski definition) is 6. The number of anilines is 1. The summed E-state index contributed by atoms with van der Waals surface area (Å²) in [6.45, 7) is 0.765. The molecule has 0 atom stereocenters. The van der Waals surface area contributed by atoms with Crippen LogP contribution in [0.3, 0.4) is 0 Å². The van der Waals surface area contributed by atoms with Gasteiger partial charge in [0.15, 0.2) is 5.01 Å². The van der Waals surface area contributed by atoms with Crippen LogP contribution in [0.25, 0.3) is 10.7 Å². The smallest absolute Gasteiger partial charge is 0.208 e. The summed E-state index contributed by atoms with van der Waals surface area (Å²) in [4.78, 5) is 6.38. The highest BCUT2D eigenvalue weighted by Crippen LogP contribution is 2.27. The molecule has 0 spiro atoms. The van der Waals surface area contributed by atoms with Gasteiger partial charge in [-0.3, -0.25) is 4.98 Å². The van der Waals surface area contributed by atoms with Gasteiger partial charge in [-0.2, -0.15) is 0 Å². The van der Waals surface area contributed by atoms with Crippen molar-refractivity contribution in [2.45, 2.75) is 6.54 Å². The fraction of sp³-hybridized carbons (Fsp3) is 0.188. The van der Waals surface area contributed by atoms with Crippen LogP contribution in [0.1, 0.15) is 5.56 Å². The van der Waals surface area contributed by atoms with Crippen LogP contribution in [0.4, 0.5) is 5.13 Å². The average Bonchev–Trinajstić information content (AvgIpc) is 3.06. The maximum Gasteiger partial charge on any atom is 0.208 e. The molecule has 22 heavy (non-hydrogen) atoms. The van der Waals surface area contributed by atoms with E-state index < -0.39 is 0 Å². The number of ether oxygens (including phenoxy) is 1. The van der Waals surface area contributed by atoms with Crippen molar-refractivity contribution in [1.29, 1.82) is 0 Å². The molecule has 5 nitrogen and oxygen atoms in total. The second kappa shape index (κ2) is 6.53. The second-order valence-corrected chi connectivity index (χ2v) is 5.76. The molecule has 0 saturated carbocycles. The lowest BCUT2D eigenvalue weighted by Gasteiger charge is -2.15. The molecule has 0 saturated heterocycles. The molecule has 3 aromatic rings. The van der Waals surface area contributed by atoms with Gasteiger partial charge in [-0.05, 0) is 29.8 Å². The van der Waals surface area contributed by atoms with E-state index in [4.69, 9.17) is 4.74 Å². The summed E-state index contributed by atoms with van der Waals surface area (Å²) >= 11 is 1.54. The standard InChI is InChI=1S/C16H16N4OS/c1-20(11-12-6-8-13(21-2)9-7-12)16-19-18-15(22-16)14-5-3-4-10-17-14/h3-10H,11H2,1-2H3. The van der Waals surface area contributed by atoms with Gasteiger partial charge in [0, 0.05) is 19.8 Å². The van der Waals surface area contributed by atoms with Crippen LogP contribution in [0.2, 0.25) is 0 Å². The first-order valence-corrected chi connectivity index (χ1v) is 7.67. The van der Waals surface area contributed by atoms with Gasteiger partial charge in [0.25, 0.3) is 0 Å². The molecule has 0 amide bonds. The summed E-state index contributed by atoms with van der Waals surface area (Å²) in [6, 6.07) is 13.8. The highest BCUT2D eigenvalue weighted by Gasteiger charge is 2.11. The number of rotatable bonds is 5. The van der Waals surface area contributed by atoms with Gasteiger partial charge in [0.1, 0.15) is 11.4 Å². The second-order valence-electron chi connectivity index (χ2n) is 4.81. The van der Waals surface area contributed by atoms with Crippen molar-refractivity contribution in [2.75, 3.05) is 19.1 Å². The van der Waals surface area contributed by atoms with E-state index in [1.54, 1.807) is 13.3 Å². The number of hydrogen-bond donors (Lipinski definition) is 0. The summed E-state index contributed by atoms with van der Waals surface area (Å²) in [5, 5.41) is 10.2. The summed E-state index contributed by atoms with van der Waals surface area (Å²) in [6.07, 6.45) is 1.76. The fourth-order valence-corrected chi connectivity index (χ4v) is 2.82. The molecule has 0 aliphatic heterocycles. The van der Waals surface area contributed by atoms with Crippen LogP contribution in [-0.4, -0.2) is 29.3 Å². The lowest BCUT2D eigenvalue weighted by atomic mass is 10.2. The molecular formula is C16H16N4OS. The quantitative estimate of drug-likeness (QED) is 0.724. The minimum atomic E-state index is 0.765. The maximum absolute atomic E-state index is 5.17. The number of nitrogens with zero attached hydrogens (tertiary/aromatic N) is 4. The van der Waals surface area contributed by atoms with Crippen LogP contribution in [-0.2, 0) is 6.54 Å². The minimum absolute atomic E-state index is 0.765. The van der Waals surface area contributed by atoms with Crippen molar-refractivity contribution in [2.24, 2.45) is 0 Å². The van der Waals surface area contributed by atoms with Gasteiger partial charge in [0.05, 0.1) is 7.11 Å². The van der Waals surface area contributed by atoms with Crippen molar-refractivity contribution in [3.8, 4) is 16.5 Å². The molecule has 0 fully saturated rings. The van der Waals surface area contributed by atoms with Crippen LogP contribution < -0.4 is 9.64 Å². The lowest BCUT2D eigenvalue weighted by molar-refractivity contribution is 0.414. The van der Waals surface area contributed by atoms with Crippen LogP contribution in [0, 0.1) is 0 Å². The molecule has 112 valence electrons. The third kappa shape index (κ3) is 3.23. The molecular weight excluding hydrogens is 296 g/mol. The van der Waals surface area contributed by atoms with E-state index >= 15 is 0 Å². The van der Waals surface area contributed by atoms with Crippen LogP contribution in [0.15, 0.2) is 48.7 Å². The summed E-state index contributed by atoms with van der Waals surface area (Å²) in [5.74, 6) is 0.861. The first-order valence-electron chi connectivity index (χ1n) is 6.85. The van der Waals surface area contributed by atoms with E-state index in [2.05, 4.69) is 32.2 Å². The molecule has 0 aliphatic carbocycles. The van der Waals surface area contributed by atoms with Crippen molar-refractivity contribution in [3.63, 3.8) is 0 Å². The Morgan fingerprint density at radius 1 is 1.09 bits per heavy atom. The van der Waals surface area contributed by atoms with Gasteiger partial charge >= 0.3 is 0 Å². The highest BCUT2D eigenvalue weighted by atomic mass is 32.1. The number of benzene rings is 1. The van der Waals surface area contributed by atoms with Crippen molar-refractivity contribution >= 4 is 16.5 Å². The van der Waals surface area contributed by atoms with E-state index in [1.165, 1.54) is 16.9 Å². The Morgan fingerprint density at radius 3 is 2.59 bits per heavy atom. The molecule has 2 aromatic heterocycles. The predicted octanol–water partition coefficient (Wildman–Crippen LogP) is 3.25. The molecule has 0 bridgehead atoms. The van der Waals surface area contributed by atoms with Gasteiger partial charge in [-0.25, -0.2) is 0 Å². The molecule has 6 heteroatoms. The average molecular weight is 312 g/mol. The van der Waals surface area contributed by atoms with E-state index in [-0.39, 0.29) is 0 Å². The number of methoxy groups -OCH3 is 1. The number of pyridine rings is 1. The zero-order chi connectivity index (χ0) is 15.4. The van der Waals surface area contributed by atoms with E-state index in [1.807, 2.05) is 37.4 Å². The Hall–Kier alpha value is -2.47. The molecule has 0 radical (unpaired) electrons. The Balaban J connectivity index is 1.72. The summed E-state index contributed by atoms with van der Waals surface area (Å²) in [7, 11) is 3.68. The first-order chi connectivity index (χ1) is 10.8. The van der Waals surface area contributed by atoms with Crippen molar-refractivity contribution in [3.05, 3.63) is 54.2 Å². The van der Waals surface area contributed by atoms with Gasteiger partial charge in [-0.1, -0.05) is 29.5 Å². The summed E-state index contributed by atoms with van der Waals surface area (Å²) in [5.41, 5.74) is 2.04. The van der Waals surface area contributed by atoms with Gasteiger partial charge < -0.3 is 9.64 Å². The molecule has 2 heterocycles. The maximum atomic E-state index is 5.17. The molecule has 3 rings (SSSR count). The third-order valence-corrected chi connectivity index (χ3v) is 4.26. The van der Waals surface area contributed by atoms with E-state index in [9.17, 15) is 0 Å². The monoisotopic (exact) mass is 312 g/mol. The zero-order valence-corrected chi connectivity index (χ0v) is 13.2. The first kappa shape index (κ1) is 14.5. The highest BCUT2D eigenvalue weighted by molar-refractivity contribution is 7.18. The zero-order valence-electron chi connectivity index (χ0n) is 12.4. The fourth-order valence-electron chi connectivity index (χ4n) is 2.03. The Labute approximate surface area is 133 Å². The third-order valence-electron chi connectivity index (χ3n) is 3.20. The van der Waals surface area contributed by atoms with Gasteiger partial charge in [-0.15, -0.1) is 10.2 Å². The van der Waals surface area contributed by atoms with Gasteiger partial charge in [0.2, 0.25) is 5.13 Å². The lowest BCUT2D eigenvalue weighted by Crippen LogP contribution is -2.15. The van der Waals surface area contributed by atoms with Crippen LogP contribution >= 0.6 is 11.3 Å². The Kier molecular flexibility index (Phi) is 4.29. The van der Waals surface area contributed by atoms with Crippen molar-refractivity contribution < 1.29 is 4.74 Å². The minimum Gasteiger partial charge on any atom is -0.497 e. The topological polar surface area (TPSA) is 51.1 Å². The van der Waals surface area contributed by atoms with E-state index in [0.717, 1.165) is 28.1 Å². The predicted molar refractivity (Wildman–Crippen MR) is 88.2 cm³/mol. The molecule has 1 aromatic carbocycles. The SMILES string of the molecule is COc1ccc(CN(C)c2nnc(-c3ccccn3)s2)cc1. The Bertz CT molecular complexity index is 727. The molecule has 0 aliphatic rings. The van der Waals surface area contributed by atoms with E-state index in [0.29, 0.717) is 0 Å². The van der Waals surface area contributed by atoms with Crippen LogP contribution in [0.5, 0.6) is 5.75 Å². The Morgan fingerprint density at radius 2 is 1.91 bits per heavy atom. The normalized spacial score (nSPS) is 10.5. The summed E-state index contributed by atoms with van der Waals surface area (Å²) < 4.78 is 5.17.